The predicted octanol–water partition coefficient (Wildman–Crippen LogP) is 2.32. The van der Waals surface area contributed by atoms with Gasteiger partial charge >= 0.3 is 0 Å². The Bertz CT molecular complexity index is 166. The molecule has 2 fully saturated rings. The fourth-order valence-electron chi connectivity index (χ4n) is 2.97. The topological polar surface area (TPSA) is 35.2 Å². The molecule has 0 aromatic heterocycles. The van der Waals surface area contributed by atoms with Gasteiger partial charge in [0.05, 0.1) is 6.10 Å². The highest BCUT2D eigenvalue weighted by Gasteiger charge is 2.29. The molecule has 1 saturated carbocycles. The largest absolute Gasteiger partial charge is 0.378 e. The van der Waals surface area contributed by atoms with E-state index in [-0.39, 0.29) is 0 Å². The van der Waals surface area contributed by atoms with E-state index in [1.807, 2.05) is 0 Å². The molecule has 0 radical (unpaired) electrons. The number of hydrogen-bond donors (Lipinski definition) is 1. The third-order valence-corrected chi connectivity index (χ3v) is 3.94. The lowest BCUT2D eigenvalue weighted by Crippen LogP contribution is -2.26. The average molecular weight is 197 g/mol. The van der Waals surface area contributed by atoms with E-state index >= 15 is 0 Å². The number of rotatable bonds is 3. The Kier molecular flexibility index (Phi) is 3.82. The lowest BCUT2D eigenvalue weighted by Gasteiger charge is -2.26. The average Bonchev–Trinajstić information content (AvgIpc) is 2.67. The molecule has 2 nitrogen and oxygen atoms in total. The van der Waals surface area contributed by atoms with E-state index in [2.05, 4.69) is 0 Å². The van der Waals surface area contributed by atoms with Gasteiger partial charge in [-0.15, -0.1) is 0 Å². The molecule has 2 N–H and O–H groups in total. The SMILES string of the molecule is NCC1CCOC1CC1CCCCC1. The maximum absolute atomic E-state index is 5.78. The Balaban J connectivity index is 1.77. The summed E-state index contributed by atoms with van der Waals surface area (Å²) in [5, 5.41) is 0. The van der Waals surface area contributed by atoms with Crippen LogP contribution < -0.4 is 5.73 Å². The summed E-state index contributed by atoms with van der Waals surface area (Å²) >= 11 is 0. The van der Waals surface area contributed by atoms with Crippen LogP contribution in [0.25, 0.3) is 0 Å². The van der Waals surface area contributed by atoms with Crippen molar-refractivity contribution in [3.8, 4) is 0 Å². The minimum Gasteiger partial charge on any atom is -0.378 e. The zero-order valence-electron chi connectivity index (χ0n) is 9.08. The van der Waals surface area contributed by atoms with Gasteiger partial charge in [-0.1, -0.05) is 32.1 Å². The Morgan fingerprint density at radius 2 is 1.86 bits per heavy atom. The van der Waals surface area contributed by atoms with E-state index in [9.17, 15) is 0 Å². The molecule has 82 valence electrons. The predicted molar refractivity (Wildman–Crippen MR) is 58.1 cm³/mol. The van der Waals surface area contributed by atoms with E-state index < -0.39 is 0 Å². The molecule has 2 unspecified atom stereocenters. The summed E-state index contributed by atoms with van der Waals surface area (Å²) in [5.74, 6) is 1.58. The maximum Gasteiger partial charge on any atom is 0.0618 e. The van der Waals surface area contributed by atoms with Crippen LogP contribution in [0, 0.1) is 11.8 Å². The molecule has 1 heterocycles. The summed E-state index contributed by atoms with van der Waals surface area (Å²) in [4.78, 5) is 0. The van der Waals surface area contributed by atoms with Gasteiger partial charge in [-0.25, -0.2) is 0 Å². The molecule has 0 spiro atoms. The molecule has 0 aromatic carbocycles. The van der Waals surface area contributed by atoms with E-state index in [4.69, 9.17) is 10.5 Å². The first-order valence-corrected chi connectivity index (χ1v) is 6.22. The van der Waals surface area contributed by atoms with Crippen LogP contribution in [0.4, 0.5) is 0 Å². The summed E-state index contributed by atoms with van der Waals surface area (Å²) in [7, 11) is 0. The monoisotopic (exact) mass is 197 g/mol. The van der Waals surface area contributed by atoms with Crippen molar-refractivity contribution in [1.29, 1.82) is 0 Å². The molecule has 0 aromatic rings. The Morgan fingerprint density at radius 3 is 2.57 bits per heavy atom. The highest BCUT2D eigenvalue weighted by molar-refractivity contribution is 4.80. The van der Waals surface area contributed by atoms with Crippen molar-refractivity contribution in [2.45, 2.75) is 51.0 Å². The van der Waals surface area contributed by atoms with E-state index in [0.29, 0.717) is 12.0 Å². The first-order valence-electron chi connectivity index (χ1n) is 6.22. The van der Waals surface area contributed by atoms with Gasteiger partial charge in [0.1, 0.15) is 0 Å². The molecule has 0 amide bonds. The number of ether oxygens (including phenoxy) is 1. The highest BCUT2D eigenvalue weighted by Crippen LogP contribution is 2.32. The van der Waals surface area contributed by atoms with Gasteiger partial charge in [0.25, 0.3) is 0 Å². The van der Waals surface area contributed by atoms with Gasteiger partial charge in [-0.2, -0.15) is 0 Å². The van der Waals surface area contributed by atoms with Crippen LogP contribution in [-0.4, -0.2) is 19.3 Å². The Labute approximate surface area is 87.2 Å². The standard InChI is InChI=1S/C12H23NO/c13-9-11-6-7-14-12(11)8-10-4-2-1-3-5-10/h10-12H,1-9,13H2. The van der Waals surface area contributed by atoms with Gasteiger partial charge in [-0.3, -0.25) is 0 Å². The molecular formula is C12H23NO. The molecule has 2 atom stereocenters. The van der Waals surface area contributed by atoms with Crippen LogP contribution in [-0.2, 0) is 4.74 Å². The summed E-state index contributed by atoms with van der Waals surface area (Å²) < 4.78 is 5.78. The molecule has 0 bridgehead atoms. The minimum absolute atomic E-state index is 0.489. The minimum atomic E-state index is 0.489. The summed E-state index contributed by atoms with van der Waals surface area (Å²) in [5.41, 5.74) is 5.75. The maximum atomic E-state index is 5.78. The van der Waals surface area contributed by atoms with Crippen molar-refractivity contribution in [1.82, 2.24) is 0 Å². The molecule has 1 aliphatic carbocycles. The quantitative estimate of drug-likeness (QED) is 0.753. The first-order chi connectivity index (χ1) is 6.90. The third-order valence-electron chi connectivity index (χ3n) is 3.94. The Hall–Kier alpha value is -0.0800. The summed E-state index contributed by atoms with van der Waals surface area (Å²) in [6.45, 7) is 1.76. The van der Waals surface area contributed by atoms with Gasteiger partial charge < -0.3 is 10.5 Å². The third kappa shape index (κ3) is 2.48. The zero-order valence-corrected chi connectivity index (χ0v) is 9.08. The molecule has 2 aliphatic rings. The molecule has 1 aliphatic heterocycles. The second-order valence-corrected chi connectivity index (χ2v) is 4.93. The van der Waals surface area contributed by atoms with Crippen LogP contribution in [0.5, 0.6) is 0 Å². The van der Waals surface area contributed by atoms with Crippen LogP contribution >= 0.6 is 0 Å². The van der Waals surface area contributed by atoms with E-state index in [1.165, 1.54) is 44.9 Å². The van der Waals surface area contributed by atoms with Crippen molar-refractivity contribution >= 4 is 0 Å². The lowest BCUT2D eigenvalue weighted by atomic mass is 9.83. The summed E-state index contributed by atoms with van der Waals surface area (Å²) in [6, 6.07) is 0. The van der Waals surface area contributed by atoms with Crippen molar-refractivity contribution in [3.05, 3.63) is 0 Å². The van der Waals surface area contributed by atoms with Crippen molar-refractivity contribution in [2.75, 3.05) is 13.2 Å². The van der Waals surface area contributed by atoms with Crippen molar-refractivity contribution < 1.29 is 4.74 Å². The van der Waals surface area contributed by atoms with E-state index in [1.54, 1.807) is 0 Å². The fraction of sp³-hybridized carbons (Fsp3) is 1.00. The molecule has 2 heteroatoms. The smallest absolute Gasteiger partial charge is 0.0618 e. The van der Waals surface area contributed by atoms with Crippen molar-refractivity contribution in [2.24, 2.45) is 17.6 Å². The fourth-order valence-corrected chi connectivity index (χ4v) is 2.97. The molecule has 14 heavy (non-hydrogen) atoms. The normalized spacial score (nSPS) is 34.9. The van der Waals surface area contributed by atoms with Crippen LogP contribution in [0.15, 0.2) is 0 Å². The summed E-state index contributed by atoms with van der Waals surface area (Å²) in [6.07, 6.45) is 10.1. The second kappa shape index (κ2) is 5.13. The molecule has 2 rings (SSSR count). The van der Waals surface area contributed by atoms with Gasteiger partial charge in [0.15, 0.2) is 0 Å². The van der Waals surface area contributed by atoms with Gasteiger partial charge in [0.2, 0.25) is 0 Å². The number of hydrogen-bond acceptors (Lipinski definition) is 2. The van der Waals surface area contributed by atoms with Crippen molar-refractivity contribution in [3.63, 3.8) is 0 Å². The van der Waals surface area contributed by atoms with Crippen LogP contribution in [0.3, 0.4) is 0 Å². The van der Waals surface area contributed by atoms with E-state index in [0.717, 1.165) is 19.1 Å². The van der Waals surface area contributed by atoms with Crippen LogP contribution in [0.1, 0.15) is 44.9 Å². The second-order valence-electron chi connectivity index (χ2n) is 4.93. The number of nitrogens with two attached hydrogens (primary N) is 1. The van der Waals surface area contributed by atoms with Gasteiger partial charge in [0, 0.05) is 6.61 Å². The zero-order chi connectivity index (χ0) is 9.80. The highest BCUT2D eigenvalue weighted by atomic mass is 16.5. The lowest BCUT2D eigenvalue weighted by molar-refractivity contribution is 0.0647. The Morgan fingerprint density at radius 1 is 1.07 bits per heavy atom. The molecular weight excluding hydrogens is 174 g/mol. The first kappa shape index (κ1) is 10.4. The van der Waals surface area contributed by atoms with Gasteiger partial charge in [-0.05, 0) is 31.2 Å². The van der Waals surface area contributed by atoms with Crippen LogP contribution in [0.2, 0.25) is 0 Å². The molecule has 1 saturated heterocycles.